The third kappa shape index (κ3) is 5.33. The molecule has 0 saturated carbocycles. The first kappa shape index (κ1) is 14.2. The second-order valence-electron chi connectivity index (χ2n) is 5.01. The van der Waals surface area contributed by atoms with E-state index in [9.17, 15) is 0 Å². The predicted molar refractivity (Wildman–Crippen MR) is 70.4 cm³/mol. The lowest BCUT2D eigenvalue weighted by Gasteiger charge is -2.24. The molecule has 0 bridgehead atoms. The van der Waals surface area contributed by atoms with Gasteiger partial charge >= 0.3 is 0 Å². The number of nitrogens with zero attached hydrogens (tertiary/aromatic N) is 2. The molecule has 1 aromatic heterocycles. The fourth-order valence-electron chi connectivity index (χ4n) is 1.60. The zero-order valence-electron chi connectivity index (χ0n) is 10.6. The highest BCUT2D eigenvalue weighted by molar-refractivity contribution is 6.28. The molecule has 4 nitrogen and oxygen atoms in total. The Kier molecular flexibility index (Phi) is 5.15. The molecule has 0 fully saturated rings. The Labute approximate surface area is 107 Å². The molecule has 0 radical (unpaired) electrons. The van der Waals surface area contributed by atoms with Crippen molar-refractivity contribution in [2.24, 2.45) is 5.41 Å². The van der Waals surface area contributed by atoms with Crippen molar-refractivity contribution in [3.8, 4) is 0 Å². The van der Waals surface area contributed by atoms with Crippen LogP contribution < -0.4 is 5.32 Å². The quantitative estimate of drug-likeness (QED) is 0.770. The summed E-state index contributed by atoms with van der Waals surface area (Å²) in [5, 5.41) is 12.4. The highest BCUT2D eigenvalue weighted by Crippen LogP contribution is 2.22. The standard InChI is InChI=1S/C12H20ClN3O/c1-9-7-10(16-11(13)15-9)14-8-12(2,3)5-4-6-17/h7,17H,4-6,8H2,1-3H3,(H,14,15,16). The van der Waals surface area contributed by atoms with Crippen LogP contribution in [0.15, 0.2) is 6.07 Å². The summed E-state index contributed by atoms with van der Waals surface area (Å²) < 4.78 is 0. The Morgan fingerprint density at radius 3 is 2.71 bits per heavy atom. The minimum Gasteiger partial charge on any atom is -0.396 e. The van der Waals surface area contributed by atoms with Crippen molar-refractivity contribution < 1.29 is 5.11 Å². The molecule has 0 aliphatic heterocycles. The van der Waals surface area contributed by atoms with E-state index in [0.717, 1.165) is 30.9 Å². The van der Waals surface area contributed by atoms with Crippen molar-refractivity contribution in [3.63, 3.8) is 0 Å². The summed E-state index contributed by atoms with van der Waals surface area (Å²) in [5.74, 6) is 0.750. The molecule has 1 aromatic rings. The van der Waals surface area contributed by atoms with Gasteiger partial charge in [-0.2, -0.15) is 0 Å². The summed E-state index contributed by atoms with van der Waals surface area (Å²) >= 11 is 5.79. The lowest BCUT2D eigenvalue weighted by molar-refractivity contribution is 0.248. The van der Waals surface area contributed by atoms with E-state index in [1.54, 1.807) is 0 Å². The normalized spacial score (nSPS) is 11.6. The van der Waals surface area contributed by atoms with Gasteiger partial charge in [-0.25, -0.2) is 9.97 Å². The maximum Gasteiger partial charge on any atom is 0.224 e. The molecule has 0 unspecified atom stereocenters. The van der Waals surface area contributed by atoms with Crippen LogP contribution in [0.1, 0.15) is 32.4 Å². The topological polar surface area (TPSA) is 58.0 Å². The predicted octanol–water partition coefficient (Wildman–Crippen LogP) is 2.65. The number of hydrogen-bond donors (Lipinski definition) is 2. The number of anilines is 1. The van der Waals surface area contributed by atoms with E-state index >= 15 is 0 Å². The Morgan fingerprint density at radius 1 is 1.41 bits per heavy atom. The lowest BCUT2D eigenvalue weighted by Crippen LogP contribution is -2.24. The molecule has 5 heteroatoms. The van der Waals surface area contributed by atoms with Gasteiger partial charge in [0.25, 0.3) is 0 Å². The zero-order chi connectivity index (χ0) is 12.9. The first-order chi connectivity index (χ1) is 7.93. The minimum atomic E-state index is 0.119. The summed E-state index contributed by atoms with van der Waals surface area (Å²) in [6.07, 6.45) is 1.78. The van der Waals surface area contributed by atoms with Crippen LogP contribution in [0.2, 0.25) is 5.28 Å². The van der Waals surface area contributed by atoms with Crippen molar-refractivity contribution in [2.75, 3.05) is 18.5 Å². The monoisotopic (exact) mass is 257 g/mol. The molecule has 1 heterocycles. The Morgan fingerprint density at radius 2 is 2.12 bits per heavy atom. The van der Waals surface area contributed by atoms with Crippen LogP contribution in [0.5, 0.6) is 0 Å². The van der Waals surface area contributed by atoms with Gasteiger partial charge in [-0.15, -0.1) is 0 Å². The van der Waals surface area contributed by atoms with E-state index in [0.29, 0.717) is 0 Å². The number of aromatic nitrogens is 2. The summed E-state index contributed by atoms with van der Waals surface area (Å²) in [6, 6.07) is 1.87. The van der Waals surface area contributed by atoms with Crippen molar-refractivity contribution in [1.82, 2.24) is 9.97 Å². The molecule has 0 amide bonds. The summed E-state index contributed by atoms with van der Waals surface area (Å²) in [6.45, 7) is 7.23. The van der Waals surface area contributed by atoms with E-state index in [1.807, 2.05) is 13.0 Å². The van der Waals surface area contributed by atoms with Gasteiger partial charge in [0.1, 0.15) is 5.82 Å². The minimum absolute atomic E-state index is 0.119. The van der Waals surface area contributed by atoms with Crippen LogP contribution in [0.4, 0.5) is 5.82 Å². The van der Waals surface area contributed by atoms with Crippen molar-refractivity contribution in [3.05, 3.63) is 17.0 Å². The molecule has 0 aliphatic rings. The molecule has 0 spiro atoms. The maximum atomic E-state index is 8.83. The molecule has 0 aromatic carbocycles. The third-order valence-electron chi connectivity index (χ3n) is 2.59. The smallest absolute Gasteiger partial charge is 0.224 e. The van der Waals surface area contributed by atoms with Gasteiger partial charge < -0.3 is 10.4 Å². The molecular formula is C12H20ClN3O. The molecule has 0 atom stereocenters. The number of halogens is 1. The van der Waals surface area contributed by atoms with Gasteiger partial charge in [0.2, 0.25) is 5.28 Å². The van der Waals surface area contributed by atoms with E-state index in [-0.39, 0.29) is 17.3 Å². The highest BCUT2D eigenvalue weighted by Gasteiger charge is 2.17. The largest absolute Gasteiger partial charge is 0.396 e. The summed E-state index contributed by atoms with van der Waals surface area (Å²) in [5.41, 5.74) is 0.967. The molecule has 17 heavy (non-hydrogen) atoms. The average Bonchev–Trinajstić information content (AvgIpc) is 2.23. The number of hydrogen-bond acceptors (Lipinski definition) is 4. The van der Waals surface area contributed by atoms with Crippen molar-refractivity contribution in [2.45, 2.75) is 33.6 Å². The lowest BCUT2D eigenvalue weighted by atomic mass is 9.88. The van der Waals surface area contributed by atoms with Crippen molar-refractivity contribution in [1.29, 1.82) is 0 Å². The summed E-state index contributed by atoms with van der Waals surface area (Å²) in [4.78, 5) is 8.12. The Balaban J connectivity index is 2.54. The number of rotatable bonds is 6. The molecule has 96 valence electrons. The maximum absolute atomic E-state index is 8.83. The van der Waals surface area contributed by atoms with Crippen LogP contribution in [-0.4, -0.2) is 28.2 Å². The van der Waals surface area contributed by atoms with Crippen molar-refractivity contribution >= 4 is 17.4 Å². The first-order valence-corrected chi connectivity index (χ1v) is 6.17. The van der Waals surface area contributed by atoms with E-state index in [1.165, 1.54) is 0 Å². The van der Waals surface area contributed by atoms with Gasteiger partial charge in [0.05, 0.1) is 0 Å². The molecule has 0 aliphatic carbocycles. The van der Waals surface area contributed by atoms with Gasteiger partial charge in [-0.05, 0) is 36.8 Å². The van der Waals surface area contributed by atoms with Gasteiger partial charge in [0.15, 0.2) is 0 Å². The van der Waals surface area contributed by atoms with E-state index in [4.69, 9.17) is 16.7 Å². The molecule has 0 saturated heterocycles. The van der Waals surface area contributed by atoms with Gasteiger partial charge in [-0.1, -0.05) is 13.8 Å². The molecule has 1 rings (SSSR count). The van der Waals surface area contributed by atoms with Crippen LogP contribution in [0.3, 0.4) is 0 Å². The first-order valence-electron chi connectivity index (χ1n) is 5.79. The average molecular weight is 258 g/mol. The van der Waals surface area contributed by atoms with Crippen LogP contribution in [0, 0.1) is 12.3 Å². The number of aliphatic hydroxyl groups excluding tert-OH is 1. The summed E-state index contributed by atoms with van der Waals surface area (Å²) in [7, 11) is 0. The van der Waals surface area contributed by atoms with Crippen LogP contribution >= 0.6 is 11.6 Å². The zero-order valence-corrected chi connectivity index (χ0v) is 11.4. The number of aliphatic hydroxyl groups is 1. The Hall–Kier alpha value is -0.870. The fraction of sp³-hybridized carbons (Fsp3) is 0.667. The molecule has 2 N–H and O–H groups in total. The number of nitrogens with one attached hydrogen (secondary N) is 1. The van der Waals surface area contributed by atoms with Crippen LogP contribution in [-0.2, 0) is 0 Å². The second kappa shape index (κ2) is 6.17. The van der Waals surface area contributed by atoms with Crippen LogP contribution in [0.25, 0.3) is 0 Å². The highest BCUT2D eigenvalue weighted by atomic mass is 35.5. The fourth-order valence-corrected chi connectivity index (χ4v) is 1.82. The SMILES string of the molecule is Cc1cc(NCC(C)(C)CCCO)nc(Cl)n1. The van der Waals surface area contributed by atoms with Gasteiger partial charge in [0, 0.05) is 24.9 Å². The van der Waals surface area contributed by atoms with E-state index < -0.39 is 0 Å². The molecular weight excluding hydrogens is 238 g/mol. The Bertz CT molecular complexity index is 349. The number of aryl methyl sites for hydroxylation is 1. The van der Waals surface area contributed by atoms with E-state index in [2.05, 4.69) is 29.1 Å². The third-order valence-corrected chi connectivity index (χ3v) is 2.76. The van der Waals surface area contributed by atoms with Gasteiger partial charge in [-0.3, -0.25) is 0 Å². The second-order valence-corrected chi connectivity index (χ2v) is 5.35.